The second kappa shape index (κ2) is 3.62. The number of hydrogen-bond acceptors (Lipinski definition) is 3. The molecule has 1 aliphatic carbocycles. The molecule has 1 saturated carbocycles. The number of nitrogens with zero attached hydrogens (tertiary/aromatic N) is 1. The molecule has 2 aliphatic rings. The number of carboxylic acid groups (broad SMARTS) is 1. The number of carbonyl (C=O) groups is 2. The third kappa shape index (κ3) is 2.23. The molecule has 1 heterocycles. The second-order valence-electron chi connectivity index (χ2n) is 6.05. The molecular formula is C12H19NO4. The average molecular weight is 241 g/mol. The number of carboxylic acids is 1. The van der Waals surface area contributed by atoms with E-state index in [4.69, 9.17) is 4.74 Å². The molecular weight excluding hydrogens is 222 g/mol. The summed E-state index contributed by atoms with van der Waals surface area (Å²) in [5, 5.41) is 9.19. The van der Waals surface area contributed by atoms with Gasteiger partial charge in [-0.3, -0.25) is 4.79 Å². The van der Waals surface area contributed by atoms with Crippen LogP contribution >= 0.6 is 0 Å². The number of aliphatic carboxylic acids is 1. The van der Waals surface area contributed by atoms with Crippen molar-refractivity contribution in [3.63, 3.8) is 0 Å². The van der Waals surface area contributed by atoms with Crippen molar-refractivity contribution in [1.82, 2.24) is 4.90 Å². The molecule has 2 fully saturated rings. The Bertz CT molecular complexity index is 360. The Morgan fingerprint density at radius 2 is 2.06 bits per heavy atom. The van der Waals surface area contributed by atoms with E-state index in [-0.39, 0.29) is 5.92 Å². The van der Waals surface area contributed by atoms with Gasteiger partial charge in [-0.05, 0) is 39.5 Å². The van der Waals surface area contributed by atoms with Gasteiger partial charge >= 0.3 is 12.1 Å². The molecule has 96 valence electrons. The van der Waals surface area contributed by atoms with Gasteiger partial charge in [0.2, 0.25) is 0 Å². The normalized spacial score (nSPS) is 31.7. The maximum Gasteiger partial charge on any atom is 0.410 e. The Balaban J connectivity index is 2.00. The topological polar surface area (TPSA) is 66.8 Å². The predicted octanol–water partition coefficient (Wildman–Crippen LogP) is 1.72. The molecule has 0 radical (unpaired) electrons. The minimum atomic E-state index is -0.782. The fourth-order valence-corrected chi connectivity index (χ4v) is 2.50. The van der Waals surface area contributed by atoms with Gasteiger partial charge in [0.25, 0.3) is 0 Å². The molecule has 2 rings (SSSR count). The highest BCUT2D eigenvalue weighted by atomic mass is 16.6. The van der Waals surface area contributed by atoms with Crippen molar-refractivity contribution < 1.29 is 19.4 Å². The lowest BCUT2D eigenvalue weighted by molar-refractivity contribution is -0.145. The molecule has 1 aliphatic heterocycles. The van der Waals surface area contributed by atoms with E-state index in [1.54, 1.807) is 0 Å². The van der Waals surface area contributed by atoms with Crippen LogP contribution < -0.4 is 0 Å². The SMILES string of the molecule is CC(C)(C)OC(=O)N1CCC2CC2(C(=O)O)C1. The van der Waals surface area contributed by atoms with Crippen LogP contribution in [0, 0.1) is 11.3 Å². The molecule has 0 aromatic heterocycles. The summed E-state index contributed by atoms with van der Waals surface area (Å²) in [5.41, 5.74) is -1.22. The first-order valence-electron chi connectivity index (χ1n) is 5.96. The van der Waals surface area contributed by atoms with Crippen molar-refractivity contribution in [2.75, 3.05) is 13.1 Å². The van der Waals surface area contributed by atoms with Crippen LogP contribution in [0.15, 0.2) is 0 Å². The van der Waals surface area contributed by atoms with E-state index in [1.807, 2.05) is 20.8 Å². The highest BCUT2D eigenvalue weighted by Gasteiger charge is 2.63. The van der Waals surface area contributed by atoms with Gasteiger partial charge in [0.15, 0.2) is 0 Å². The third-order valence-corrected chi connectivity index (χ3v) is 3.53. The van der Waals surface area contributed by atoms with Crippen LogP contribution in [0.3, 0.4) is 0 Å². The highest BCUT2D eigenvalue weighted by molar-refractivity contribution is 5.80. The molecule has 17 heavy (non-hydrogen) atoms. The maximum absolute atomic E-state index is 11.9. The van der Waals surface area contributed by atoms with E-state index >= 15 is 0 Å². The predicted molar refractivity (Wildman–Crippen MR) is 60.6 cm³/mol. The summed E-state index contributed by atoms with van der Waals surface area (Å²) in [6, 6.07) is 0. The standard InChI is InChI=1S/C12H19NO4/c1-11(2,3)17-10(16)13-5-4-8-6-12(8,7-13)9(14)15/h8H,4-7H2,1-3H3,(H,14,15). The zero-order chi connectivity index (χ0) is 12.8. The Kier molecular flexibility index (Phi) is 2.60. The summed E-state index contributed by atoms with van der Waals surface area (Å²) in [6.07, 6.45) is 1.07. The van der Waals surface area contributed by atoms with Gasteiger partial charge in [0, 0.05) is 13.1 Å². The van der Waals surface area contributed by atoms with Crippen LogP contribution in [0.25, 0.3) is 0 Å². The lowest BCUT2D eigenvalue weighted by atomic mass is 9.98. The van der Waals surface area contributed by atoms with Crippen molar-refractivity contribution in [2.45, 2.75) is 39.2 Å². The van der Waals surface area contributed by atoms with Crippen molar-refractivity contribution in [3.8, 4) is 0 Å². The zero-order valence-electron chi connectivity index (χ0n) is 10.5. The fraction of sp³-hybridized carbons (Fsp3) is 0.833. The molecule has 0 bridgehead atoms. The van der Waals surface area contributed by atoms with Gasteiger partial charge < -0.3 is 14.7 Å². The van der Waals surface area contributed by atoms with Crippen molar-refractivity contribution in [2.24, 2.45) is 11.3 Å². The van der Waals surface area contributed by atoms with Crippen LogP contribution in [-0.4, -0.2) is 40.8 Å². The summed E-state index contributed by atoms with van der Waals surface area (Å²) in [7, 11) is 0. The van der Waals surface area contributed by atoms with Gasteiger partial charge in [-0.2, -0.15) is 0 Å². The average Bonchev–Trinajstić information content (AvgIpc) is 2.88. The number of fused-ring (bicyclic) bond motifs is 1. The first-order chi connectivity index (χ1) is 7.74. The molecule has 0 aromatic rings. The number of rotatable bonds is 1. The molecule has 1 saturated heterocycles. The molecule has 0 aromatic carbocycles. The van der Waals surface area contributed by atoms with Gasteiger partial charge in [0.05, 0.1) is 5.41 Å². The summed E-state index contributed by atoms with van der Waals surface area (Å²) >= 11 is 0. The van der Waals surface area contributed by atoms with Crippen LogP contribution in [0.2, 0.25) is 0 Å². The molecule has 1 N–H and O–H groups in total. The summed E-state index contributed by atoms with van der Waals surface area (Å²) in [5.74, 6) is -0.533. The maximum atomic E-state index is 11.9. The van der Waals surface area contributed by atoms with E-state index in [0.29, 0.717) is 19.5 Å². The van der Waals surface area contributed by atoms with Gasteiger partial charge in [-0.25, -0.2) is 4.79 Å². The summed E-state index contributed by atoms with van der Waals surface area (Å²) < 4.78 is 5.26. The number of likely N-dealkylation sites (tertiary alicyclic amines) is 1. The summed E-state index contributed by atoms with van der Waals surface area (Å²) in [4.78, 5) is 24.6. The first-order valence-corrected chi connectivity index (χ1v) is 5.96. The quantitative estimate of drug-likeness (QED) is 0.759. The van der Waals surface area contributed by atoms with Crippen LogP contribution in [-0.2, 0) is 9.53 Å². The van der Waals surface area contributed by atoms with E-state index in [0.717, 1.165) is 6.42 Å². The largest absolute Gasteiger partial charge is 0.481 e. The first kappa shape index (κ1) is 12.2. The van der Waals surface area contributed by atoms with Gasteiger partial charge in [-0.15, -0.1) is 0 Å². The lowest BCUT2D eigenvalue weighted by Gasteiger charge is -2.32. The van der Waals surface area contributed by atoms with E-state index < -0.39 is 23.1 Å². The zero-order valence-corrected chi connectivity index (χ0v) is 10.5. The van der Waals surface area contributed by atoms with E-state index in [9.17, 15) is 14.7 Å². The number of carbonyl (C=O) groups excluding carboxylic acids is 1. The number of piperidine rings is 1. The number of hydrogen-bond donors (Lipinski definition) is 1. The van der Waals surface area contributed by atoms with Crippen molar-refractivity contribution in [3.05, 3.63) is 0 Å². The Morgan fingerprint density at radius 1 is 1.41 bits per heavy atom. The lowest BCUT2D eigenvalue weighted by Crippen LogP contribution is -2.45. The number of amides is 1. The Morgan fingerprint density at radius 3 is 2.59 bits per heavy atom. The minimum absolute atomic E-state index is 0.249. The van der Waals surface area contributed by atoms with E-state index in [1.165, 1.54) is 4.90 Å². The third-order valence-electron chi connectivity index (χ3n) is 3.53. The number of ether oxygens (including phenoxy) is 1. The molecule has 2 atom stereocenters. The minimum Gasteiger partial charge on any atom is -0.481 e. The Labute approximate surface area is 101 Å². The monoisotopic (exact) mass is 241 g/mol. The van der Waals surface area contributed by atoms with E-state index in [2.05, 4.69) is 0 Å². The Hall–Kier alpha value is -1.26. The van der Waals surface area contributed by atoms with Gasteiger partial charge in [-0.1, -0.05) is 0 Å². The molecule has 5 nitrogen and oxygen atoms in total. The molecule has 1 amide bonds. The molecule has 5 heteroatoms. The van der Waals surface area contributed by atoms with Gasteiger partial charge in [0.1, 0.15) is 5.60 Å². The highest BCUT2D eigenvalue weighted by Crippen LogP contribution is 2.57. The van der Waals surface area contributed by atoms with Crippen molar-refractivity contribution >= 4 is 12.1 Å². The fourth-order valence-electron chi connectivity index (χ4n) is 2.50. The molecule has 2 unspecified atom stereocenters. The molecule has 0 spiro atoms. The van der Waals surface area contributed by atoms with Crippen LogP contribution in [0.1, 0.15) is 33.6 Å². The smallest absolute Gasteiger partial charge is 0.410 e. The van der Waals surface area contributed by atoms with Crippen molar-refractivity contribution in [1.29, 1.82) is 0 Å². The second-order valence-corrected chi connectivity index (χ2v) is 6.05. The van der Waals surface area contributed by atoms with Crippen LogP contribution in [0.4, 0.5) is 4.79 Å². The van der Waals surface area contributed by atoms with Crippen LogP contribution in [0.5, 0.6) is 0 Å². The summed E-state index contributed by atoms with van der Waals surface area (Å²) in [6.45, 7) is 6.32.